The van der Waals surface area contributed by atoms with Crippen molar-refractivity contribution in [3.8, 4) is 0 Å². The summed E-state index contributed by atoms with van der Waals surface area (Å²) in [6, 6.07) is 8.28. The van der Waals surface area contributed by atoms with Gasteiger partial charge in [-0.25, -0.2) is 0 Å². The van der Waals surface area contributed by atoms with Gasteiger partial charge in [0.05, 0.1) is 6.10 Å². The number of nitrogens with one attached hydrogen (secondary N) is 1. The molecule has 0 saturated carbocycles. The van der Waals surface area contributed by atoms with Crippen molar-refractivity contribution >= 4 is 0 Å². The molecule has 0 saturated heterocycles. The molecule has 90 valence electrons. The molecule has 0 heterocycles. The first kappa shape index (κ1) is 13.2. The zero-order valence-electron chi connectivity index (χ0n) is 10.7. The highest BCUT2D eigenvalue weighted by atomic mass is 16.3. The van der Waals surface area contributed by atoms with Gasteiger partial charge in [-0.1, -0.05) is 45.0 Å². The van der Waals surface area contributed by atoms with Gasteiger partial charge in [-0.2, -0.15) is 0 Å². The number of rotatable bonds is 4. The second kappa shape index (κ2) is 5.46. The molecule has 2 nitrogen and oxygen atoms in total. The number of benzene rings is 1. The second-order valence-corrected chi connectivity index (χ2v) is 5.28. The third-order valence-electron chi connectivity index (χ3n) is 2.83. The molecule has 0 aliphatic carbocycles. The molecule has 1 unspecified atom stereocenters. The largest absolute Gasteiger partial charge is 0.388 e. The number of hydrogen-bond acceptors (Lipinski definition) is 2. The third-order valence-corrected chi connectivity index (χ3v) is 2.83. The maximum atomic E-state index is 9.91. The minimum Gasteiger partial charge on any atom is -0.388 e. The van der Waals surface area contributed by atoms with Crippen molar-refractivity contribution in [3.05, 3.63) is 35.4 Å². The predicted octanol–water partition coefficient (Wildman–Crippen LogP) is 2.63. The van der Waals surface area contributed by atoms with E-state index in [0.717, 1.165) is 18.5 Å². The molecule has 0 radical (unpaired) electrons. The maximum Gasteiger partial charge on any atom is 0.0802 e. The molecule has 0 aliphatic heterocycles. The fraction of sp³-hybridized carbons (Fsp3) is 0.571. The van der Waals surface area contributed by atoms with Crippen molar-refractivity contribution < 1.29 is 5.11 Å². The van der Waals surface area contributed by atoms with Crippen LogP contribution in [0.15, 0.2) is 24.3 Å². The third kappa shape index (κ3) is 3.62. The van der Waals surface area contributed by atoms with E-state index >= 15 is 0 Å². The van der Waals surface area contributed by atoms with Gasteiger partial charge in [-0.15, -0.1) is 0 Å². The van der Waals surface area contributed by atoms with Crippen LogP contribution in [0.5, 0.6) is 0 Å². The van der Waals surface area contributed by atoms with Crippen molar-refractivity contribution in [2.45, 2.75) is 38.7 Å². The number of aliphatic hydroxyl groups is 1. The van der Waals surface area contributed by atoms with Crippen molar-refractivity contribution in [1.82, 2.24) is 5.32 Å². The van der Waals surface area contributed by atoms with Gasteiger partial charge >= 0.3 is 0 Å². The molecule has 1 atom stereocenters. The monoisotopic (exact) mass is 221 g/mol. The molecule has 2 N–H and O–H groups in total. The molecular formula is C14H23NO. The molecule has 0 amide bonds. The van der Waals surface area contributed by atoms with E-state index in [1.165, 1.54) is 5.56 Å². The van der Waals surface area contributed by atoms with E-state index in [2.05, 4.69) is 38.2 Å². The average Bonchev–Trinajstić information content (AvgIpc) is 2.25. The second-order valence-electron chi connectivity index (χ2n) is 5.28. The van der Waals surface area contributed by atoms with Crippen molar-refractivity contribution in [1.29, 1.82) is 0 Å². The van der Waals surface area contributed by atoms with Crippen LogP contribution in [0.4, 0.5) is 0 Å². The van der Waals surface area contributed by atoms with E-state index in [9.17, 15) is 5.11 Å². The molecule has 1 aromatic rings. The summed E-state index contributed by atoms with van der Waals surface area (Å²) >= 11 is 0. The predicted molar refractivity (Wildman–Crippen MR) is 68.6 cm³/mol. The fourth-order valence-corrected chi connectivity index (χ4v) is 1.65. The molecule has 1 rings (SSSR count). The molecule has 1 aromatic carbocycles. The van der Waals surface area contributed by atoms with Gasteiger partial charge in [0.2, 0.25) is 0 Å². The van der Waals surface area contributed by atoms with Crippen LogP contribution >= 0.6 is 0 Å². The summed E-state index contributed by atoms with van der Waals surface area (Å²) in [4.78, 5) is 0. The highest BCUT2D eigenvalue weighted by molar-refractivity contribution is 5.28. The van der Waals surface area contributed by atoms with Crippen LogP contribution in [0.3, 0.4) is 0 Å². The molecule has 0 bridgehead atoms. The van der Waals surface area contributed by atoms with E-state index < -0.39 is 0 Å². The van der Waals surface area contributed by atoms with Gasteiger partial charge in [0.1, 0.15) is 0 Å². The van der Waals surface area contributed by atoms with Crippen LogP contribution in [0.2, 0.25) is 0 Å². The van der Waals surface area contributed by atoms with E-state index in [0.29, 0.717) is 0 Å². The van der Waals surface area contributed by atoms with Crippen LogP contribution in [0.1, 0.15) is 44.4 Å². The quantitative estimate of drug-likeness (QED) is 0.819. The Kier molecular flexibility index (Phi) is 4.51. The van der Waals surface area contributed by atoms with Gasteiger partial charge in [-0.05, 0) is 36.6 Å². The van der Waals surface area contributed by atoms with E-state index in [1.807, 2.05) is 19.2 Å². The first-order valence-electron chi connectivity index (χ1n) is 5.88. The summed E-state index contributed by atoms with van der Waals surface area (Å²) in [5.74, 6) is 0. The smallest absolute Gasteiger partial charge is 0.0802 e. The van der Waals surface area contributed by atoms with Crippen molar-refractivity contribution in [3.63, 3.8) is 0 Å². The zero-order chi connectivity index (χ0) is 12.2. The minimum absolute atomic E-state index is 0.175. The molecule has 16 heavy (non-hydrogen) atoms. The van der Waals surface area contributed by atoms with E-state index in [4.69, 9.17) is 0 Å². The van der Waals surface area contributed by atoms with Gasteiger partial charge < -0.3 is 10.4 Å². The summed E-state index contributed by atoms with van der Waals surface area (Å²) in [7, 11) is 1.90. The highest BCUT2D eigenvalue weighted by Crippen LogP contribution is 2.24. The SMILES string of the molecule is CNCCC(O)c1ccc(C(C)(C)C)cc1. The van der Waals surface area contributed by atoms with Gasteiger partial charge in [0.15, 0.2) is 0 Å². The van der Waals surface area contributed by atoms with Crippen LogP contribution in [0, 0.1) is 0 Å². The highest BCUT2D eigenvalue weighted by Gasteiger charge is 2.14. The Morgan fingerprint density at radius 3 is 2.19 bits per heavy atom. The normalized spacial score (nSPS) is 13.8. The Morgan fingerprint density at radius 1 is 1.19 bits per heavy atom. The molecule has 0 aromatic heterocycles. The Balaban J connectivity index is 2.71. The Hall–Kier alpha value is -0.860. The topological polar surface area (TPSA) is 32.3 Å². The van der Waals surface area contributed by atoms with Crippen molar-refractivity contribution in [2.75, 3.05) is 13.6 Å². The van der Waals surface area contributed by atoms with Crippen LogP contribution in [0.25, 0.3) is 0 Å². The Labute approximate surface area is 98.7 Å². The maximum absolute atomic E-state index is 9.91. The fourth-order valence-electron chi connectivity index (χ4n) is 1.65. The summed E-state index contributed by atoms with van der Waals surface area (Å²) < 4.78 is 0. The molecule has 2 heteroatoms. The molecule has 0 aliphatic rings. The summed E-state index contributed by atoms with van der Waals surface area (Å²) in [5.41, 5.74) is 2.48. The lowest BCUT2D eigenvalue weighted by molar-refractivity contribution is 0.167. The van der Waals surface area contributed by atoms with Crippen LogP contribution < -0.4 is 5.32 Å². The van der Waals surface area contributed by atoms with E-state index in [1.54, 1.807) is 0 Å². The minimum atomic E-state index is -0.360. The van der Waals surface area contributed by atoms with Crippen LogP contribution in [-0.2, 0) is 5.41 Å². The van der Waals surface area contributed by atoms with Crippen molar-refractivity contribution in [2.24, 2.45) is 0 Å². The molecule has 0 spiro atoms. The van der Waals surface area contributed by atoms with Gasteiger partial charge in [0.25, 0.3) is 0 Å². The summed E-state index contributed by atoms with van der Waals surface area (Å²) in [5, 5.41) is 12.9. The molecule has 0 fully saturated rings. The lowest BCUT2D eigenvalue weighted by Crippen LogP contribution is -2.13. The molecular weight excluding hydrogens is 198 g/mol. The summed E-state index contributed by atoms with van der Waals surface area (Å²) in [6.07, 6.45) is 0.396. The Morgan fingerprint density at radius 2 is 1.75 bits per heavy atom. The Bertz CT molecular complexity index is 311. The van der Waals surface area contributed by atoms with Gasteiger partial charge in [0, 0.05) is 0 Å². The van der Waals surface area contributed by atoms with E-state index in [-0.39, 0.29) is 11.5 Å². The number of hydrogen-bond donors (Lipinski definition) is 2. The number of aliphatic hydroxyl groups excluding tert-OH is 1. The first-order valence-corrected chi connectivity index (χ1v) is 5.88. The first-order chi connectivity index (χ1) is 7.45. The van der Waals surface area contributed by atoms with Gasteiger partial charge in [-0.3, -0.25) is 0 Å². The van der Waals surface area contributed by atoms with Crippen LogP contribution in [-0.4, -0.2) is 18.7 Å². The lowest BCUT2D eigenvalue weighted by atomic mass is 9.86. The lowest BCUT2D eigenvalue weighted by Gasteiger charge is -2.20. The standard InChI is InChI=1S/C14H23NO/c1-14(2,3)12-7-5-11(6-8-12)13(16)9-10-15-4/h5-8,13,15-16H,9-10H2,1-4H3. The summed E-state index contributed by atoms with van der Waals surface area (Å²) in [6.45, 7) is 7.42. The average molecular weight is 221 g/mol. The zero-order valence-corrected chi connectivity index (χ0v) is 10.7.